The average molecular weight is 328 g/mol. The highest BCUT2D eigenvalue weighted by atomic mass is 16.5. The number of rotatable bonds is 1. The second-order valence-corrected chi connectivity index (χ2v) is 8.50. The first-order valence-corrected chi connectivity index (χ1v) is 9.06. The fraction of sp³-hybridized carbons (Fsp3) is 0.650. The highest BCUT2D eigenvalue weighted by Gasteiger charge is 2.68. The summed E-state index contributed by atoms with van der Waals surface area (Å²) in [6.07, 6.45) is 10.8. The van der Waals surface area contributed by atoms with Gasteiger partial charge in [0.1, 0.15) is 6.61 Å². The minimum absolute atomic E-state index is 0.0423. The Labute approximate surface area is 142 Å². The molecule has 2 aliphatic heterocycles. The number of ether oxygens (including phenoxy) is 2. The van der Waals surface area contributed by atoms with Crippen LogP contribution in [-0.4, -0.2) is 18.2 Å². The highest BCUT2D eigenvalue weighted by Crippen LogP contribution is 2.69. The van der Waals surface area contributed by atoms with Crippen molar-refractivity contribution in [1.29, 1.82) is 0 Å². The van der Waals surface area contributed by atoms with Crippen molar-refractivity contribution in [3.8, 4) is 0 Å². The third kappa shape index (κ3) is 1.60. The van der Waals surface area contributed by atoms with Gasteiger partial charge < -0.3 is 13.9 Å². The van der Waals surface area contributed by atoms with Crippen molar-refractivity contribution in [3.05, 3.63) is 35.8 Å². The molecule has 1 aromatic heterocycles. The second-order valence-electron chi connectivity index (χ2n) is 8.50. The van der Waals surface area contributed by atoms with E-state index in [1.165, 1.54) is 0 Å². The van der Waals surface area contributed by atoms with Gasteiger partial charge in [-0.25, -0.2) is 4.79 Å². The lowest BCUT2D eigenvalue weighted by molar-refractivity contribution is -0.152. The van der Waals surface area contributed by atoms with E-state index in [0.29, 0.717) is 12.5 Å². The highest BCUT2D eigenvalue weighted by molar-refractivity contribution is 5.92. The Morgan fingerprint density at radius 3 is 2.92 bits per heavy atom. The van der Waals surface area contributed by atoms with E-state index >= 15 is 0 Å². The van der Waals surface area contributed by atoms with E-state index in [1.54, 1.807) is 12.5 Å². The van der Waals surface area contributed by atoms with E-state index in [0.717, 1.165) is 43.2 Å². The van der Waals surface area contributed by atoms with Gasteiger partial charge in [-0.1, -0.05) is 13.0 Å². The molecule has 0 bridgehead atoms. The topological polar surface area (TPSA) is 48.7 Å². The molecule has 0 aromatic carbocycles. The molecular formula is C20H24O4. The summed E-state index contributed by atoms with van der Waals surface area (Å²) in [5.41, 5.74) is 1.89. The Morgan fingerprint density at radius 1 is 1.25 bits per heavy atom. The molecule has 3 heterocycles. The largest absolute Gasteiger partial charge is 0.472 e. The van der Waals surface area contributed by atoms with Gasteiger partial charge >= 0.3 is 5.97 Å². The van der Waals surface area contributed by atoms with Crippen molar-refractivity contribution in [2.75, 3.05) is 6.61 Å². The van der Waals surface area contributed by atoms with Crippen molar-refractivity contribution in [1.82, 2.24) is 0 Å². The van der Waals surface area contributed by atoms with Crippen LogP contribution in [0.5, 0.6) is 0 Å². The molecule has 5 atom stereocenters. The number of esters is 1. The molecule has 0 N–H and O–H groups in total. The van der Waals surface area contributed by atoms with E-state index in [-0.39, 0.29) is 28.5 Å². The molecule has 4 nitrogen and oxygen atoms in total. The normalized spacial score (nSPS) is 46.8. The van der Waals surface area contributed by atoms with E-state index in [9.17, 15) is 4.79 Å². The van der Waals surface area contributed by atoms with Gasteiger partial charge in [0.15, 0.2) is 0 Å². The molecule has 3 fully saturated rings. The smallest absolute Gasteiger partial charge is 0.334 e. The van der Waals surface area contributed by atoms with Crippen LogP contribution in [0.3, 0.4) is 0 Å². The molecule has 4 aliphatic rings. The quantitative estimate of drug-likeness (QED) is 0.726. The number of hydrogen-bond acceptors (Lipinski definition) is 4. The molecule has 1 aromatic rings. The molecule has 128 valence electrons. The lowest BCUT2D eigenvalue weighted by Crippen LogP contribution is -2.57. The van der Waals surface area contributed by atoms with E-state index in [4.69, 9.17) is 13.9 Å². The standard InChI is InChI=1S/C20H24O4/c1-18-10-15(13-6-9-22-11-13)24-19(18,2)7-8-20-12-23-17(21)14(20)4-3-5-16(18)20/h4,6,9,11,15-16H,3,5,7-8,10,12H2,1-2H3. The molecule has 5 unspecified atom stereocenters. The summed E-state index contributed by atoms with van der Waals surface area (Å²) in [6, 6.07) is 2.01. The van der Waals surface area contributed by atoms with Gasteiger partial charge in [-0.2, -0.15) is 0 Å². The lowest BCUT2D eigenvalue weighted by atomic mass is 9.46. The van der Waals surface area contributed by atoms with Gasteiger partial charge in [-0.3, -0.25) is 0 Å². The van der Waals surface area contributed by atoms with Gasteiger partial charge in [0, 0.05) is 22.0 Å². The number of carbonyl (C=O) groups is 1. The zero-order valence-corrected chi connectivity index (χ0v) is 14.3. The van der Waals surface area contributed by atoms with Crippen LogP contribution in [0.1, 0.15) is 57.6 Å². The van der Waals surface area contributed by atoms with Crippen LogP contribution in [0.4, 0.5) is 0 Å². The Hall–Kier alpha value is -1.55. The number of carbonyl (C=O) groups excluding carboxylic acids is 1. The first kappa shape index (κ1) is 14.8. The Bertz CT molecular complexity index is 720. The predicted molar refractivity (Wildman–Crippen MR) is 87.1 cm³/mol. The summed E-state index contributed by atoms with van der Waals surface area (Å²) < 4.78 is 17.4. The van der Waals surface area contributed by atoms with Crippen molar-refractivity contribution < 1.29 is 18.7 Å². The van der Waals surface area contributed by atoms with Gasteiger partial charge in [0.25, 0.3) is 0 Å². The molecular weight excluding hydrogens is 304 g/mol. The molecule has 5 rings (SSSR count). The monoisotopic (exact) mass is 328 g/mol. The van der Waals surface area contributed by atoms with Crippen molar-refractivity contribution in [2.45, 2.75) is 57.7 Å². The number of hydrogen-bond donors (Lipinski definition) is 0. The van der Waals surface area contributed by atoms with E-state index < -0.39 is 0 Å². The van der Waals surface area contributed by atoms with Crippen LogP contribution in [0, 0.1) is 16.7 Å². The maximum atomic E-state index is 12.3. The summed E-state index contributed by atoms with van der Waals surface area (Å²) in [5.74, 6) is 0.351. The molecule has 1 spiro atoms. The third-order valence-electron chi connectivity index (χ3n) is 7.64. The number of furan rings is 1. The summed E-state index contributed by atoms with van der Waals surface area (Å²) >= 11 is 0. The Balaban J connectivity index is 1.58. The van der Waals surface area contributed by atoms with Gasteiger partial charge in [-0.15, -0.1) is 0 Å². The minimum Gasteiger partial charge on any atom is -0.472 e. The summed E-state index contributed by atoms with van der Waals surface area (Å²) in [5, 5.41) is 0. The van der Waals surface area contributed by atoms with E-state index in [1.807, 2.05) is 6.07 Å². The van der Waals surface area contributed by atoms with Crippen molar-refractivity contribution in [3.63, 3.8) is 0 Å². The Morgan fingerprint density at radius 2 is 2.12 bits per heavy atom. The van der Waals surface area contributed by atoms with Crippen molar-refractivity contribution >= 4 is 5.97 Å². The Kier molecular flexibility index (Phi) is 2.79. The molecule has 0 amide bonds. The molecule has 0 radical (unpaired) electrons. The minimum atomic E-state index is -0.154. The van der Waals surface area contributed by atoms with Crippen LogP contribution in [0.2, 0.25) is 0 Å². The van der Waals surface area contributed by atoms with Gasteiger partial charge in [0.05, 0.1) is 24.2 Å². The zero-order chi connectivity index (χ0) is 16.6. The van der Waals surface area contributed by atoms with Crippen LogP contribution in [-0.2, 0) is 14.3 Å². The second kappa shape index (κ2) is 4.54. The van der Waals surface area contributed by atoms with Crippen LogP contribution in [0.25, 0.3) is 0 Å². The van der Waals surface area contributed by atoms with Crippen LogP contribution < -0.4 is 0 Å². The van der Waals surface area contributed by atoms with Crippen LogP contribution >= 0.6 is 0 Å². The SMILES string of the molecule is CC12CCC34COC(=O)C3=CCCC4C1(C)CC(c1ccoc1)O2. The maximum Gasteiger partial charge on any atom is 0.334 e. The number of fused-ring (bicyclic) bond motifs is 2. The predicted octanol–water partition coefficient (Wildman–Crippen LogP) is 4.18. The summed E-state index contributed by atoms with van der Waals surface area (Å²) in [6.45, 7) is 5.21. The summed E-state index contributed by atoms with van der Waals surface area (Å²) in [4.78, 5) is 12.3. The molecule has 2 aliphatic carbocycles. The van der Waals surface area contributed by atoms with Crippen LogP contribution in [0.15, 0.2) is 34.7 Å². The van der Waals surface area contributed by atoms with E-state index in [2.05, 4.69) is 19.9 Å². The van der Waals surface area contributed by atoms with Gasteiger partial charge in [-0.05, 0) is 51.0 Å². The first-order chi connectivity index (χ1) is 11.5. The zero-order valence-electron chi connectivity index (χ0n) is 14.3. The molecule has 2 saturated heterocycles. The fourth-order valence-electron chi connectivity index (χ4n) is 6.16. The lowest BCUT2D eigenvalue weighted by Gasteiger charge is -2.57. The number of allylic oxidation sites excluding steroid dienone is 1. The first-order valence-electron chi connectivity index (χ1n) is 9.06. The van der Waals surface area contributed by atoms with Gasteiger partial charge in [0.2, 0.25) is 0 Å². The summed E-state index contributed by atoms with van der Waals surface area (Å²) in [7, 11) is 0. The molecule has 24 heavy (non-hydrogen) atoms. The molecule has 4 heteroatoms. The molecule has 1 saturated carbocycles. The number of cyclic esters (lactones) is 1. The average Bonchev–Trinajstić information content (AvgIpc) is 3.25. The maximum absolute atomic E-state index is 12.3. The fourth-order valence-corrected chi connectivity index (χ4v) is 6.16. The third-order valence-corrected chi connectivity index (χ3v) is 7.64. The van der Waals surface area contributed by atoms with Crippen molar-refractivity contribution in [2.24, 2.45) is 16.7 Å².